The number of likely N-dealkylation sites (N-methyl/N-ethyl adjacent to an activating group) is 1. The first-order chi connectivity index (χ1) is 20.2. The minimum absolute atomic E-state index is 0.100. The third-order valence-corrected chi connectivity index (χ3v) is 9.43. The van der Waals surface area contributed by atoms with Crippen molar-refractivity contribution in [1.29, 1.82) is 0 Å². The molecule has 232 valence electrons. The van der Waals surface area contributed by atoms with Gasteiger partial charge in [-0.1, -0.05) is 50.6 Å². The molecule has 3 atom stereocenters. The maximum absolute atomic E-state index is 13.7. The zero-order valence-electron chi connectivity index (χ0n) is 25.1. The number of aromatic amines is 1. The summed E-state index contributed by atoms with van der Waals surface area (Å²) >= 11 is 5.98. The van der Waals surface area contributed by atoms with E-state index in [1.165, 1.54) is 25.3 Å². The number of aromatic nitrogens is 1. The molecule has 2 aromatic carbocycles. The molecular formula is C30H38ClN5O6S. The van der Waals surface area contributed by atoms with E-state index < -0.39 is 33.9 Å². The highest BCUT2D eigenvalue weighted by Gasteiger charge is 2.47. The van der Waals surface area contributed by atoms with Gasteiger partial charge in [0.05, 0.1) is 25.7 Å². The quantitative estimate of drug-likeness (QED) is 0.313. The Morgan fingerprint density at radius 2 is 1.86 bits per heavy atom. The first-order valence-corrected chi connectivity index (χ1v) is 15.9. The summed E-state index contributed by atoms with van der Waals surface area (Å²) in [5.41, 5.74) is 0.589. The van der Waals surface area contributed by atoms with E-state index in [4.69, 9.17) is 16.3 Å². The van der Waals surface area contributed by atoms with Gasteiger partial charge < -0.3 is 24.8 Å². The predicted molar refractivity (Wildman–Crippen MR) is 165 cm³/mol. The molecule has 1 aliphatic heterocycles. The van der Waals surface area contributed by atoms with Crippen LogP contribution in [0, 0.1) is 5.41 Å². The first-order valence-electron chi connectivity index (χ1n) is 14.0. The molecule has 11 nitrogen and oxygen atoms in total. The summed E-state index contributed by atoms with van der Waals surface area (Å²) in [5, 5.41) is 4.01. The van der Waals surface area contributed by atoms with Crippen molar-refractivity contribution in [3.63, 3.8) is 0 Å². The summed E-state index contributed by atoms with van der Waals surface area (Å²) in [6.07, 6.45) is 0. The molecule has 1 fully saturated rings. The Morgan fingerprint density at radius 1 is 1.16 bits per heavy atom. The number of H-pyrrole nitrogens is 1. The largest absolute Gasteiger partial charge is 0.495 e. The van der Waals surface area contributed by atoms with Gasteiger partial charge in [0.15, 0.2) is 0 Å². The molecule has 43 heavy (non-hydrogen) atoms. The lowest BCUT2D eigenvalue weighted by Crippen LogP contribution is -2.71. The Balaban J connectivity index is 1.42. The maximum atomic E-state index is 13.7. The summed E-state index contributed by atoms with van der Waals surface area (Å²) in [5.74, 6) is -0.972. The van der Waals surface area contributed by atoms with Crippen molar-refractivity contribution in [3.8, 4) is 5.75 Å². The van der Waals surface area contributed by atoms with Crippen LogP contribution in [-0.2, 0) is 19.6 Å². The number of nitrogens with one attached hydrogen (secondary N) is 3. The van der Waals surface area contributed by atoms with Crippen LogP contribution in [-0.4, -0.2) is 85.8 Å². The number of likely N-dealkylation sites (tertiary alicyclic amines) is 1. The first kappa shape index (κ1) is 32.3. The van der Waals surface area contributed by atoms with Gasteiger partial charge in [-0.05, 0) is 49.6 Å². The number of ether oxygens (including phenoxy) is 1. The van der Waals surface area contributed by atoms with Crippen LogP contribution in [0.25, 0.3) is 10.9 Å². The molecule has 1 saturated heterocycles. The third kappa shape index (κ3) is 6.81. The Hall–Kier alpha value is -3.61. The molecule has 4 rings (SSSR count). The average molecular weight is 632 g/mol. The van der Waals surface area contributed by atoms with Gasteiger partial charge in [0.25, 0.3) is 5.91 Å². The maximum Gasteiger partial charge on any atom is 0.268 e. The number of carbonyl (C=O) groups is 3. The van der Waals surface area contributed by atoms with Gasteiger partial charge in [-0.15, -0.1) is 0 Å². The normalized spacial score (nSPS) is 17.7. The average Bonchev–Trinajstić information content (AvgIpc) is 3.40. The molecule has 3 amide bonds. The lowest BCUT2D eigenvalue weighted by atomic mass is 9.83. The zero-order valence-corrected chi connectivity index (χ0v) is 26.7. The van der Waals surface area contributed by atoms with E-state index in [2.05, 4.69) is 15.0 Å². The lowest BCUT2D eigenvalue weighted by Gasteiger charge is -2.52. The van der Waals surface area contributed by atoms with Crippen LogP contribution in [0.2, 0.25) is 5.02 Å². The Morgan fingerprint density at radius 3 is 2.47 bits per heavy atom. The molecule has 0 spiro atoms. The second-order valence-electron chi connectivity index (χ2n) is 11.6. The highest BCUT2D eigenvalue weighted by Crippen LogP contribution is 2.30. The van der Waals surface area contributed by atoms with Crippen LogP contribution in [0.15, 0.2) is 53.4 Å². The molecule has 13 heteroatoms. The zero-order chi connectivity index (χ0) is 31.7. The van der Waals surface area contributed by atoms with E-state index in [-0.39, 0.29) is 46.1 Å². The molecular weight excluding hydrogens is 594 g/mol. The number of sulfonamides is 1. The van der Waals surface area contributed by atoms with Crippen LogP contribution in [0.3, 0.4) is 0 Å². The Bertz CT molecular complexity index is 1600. The number of hydrogen-bond donors (Lipinski definition) is 3. The SMILES string of the molecule is CCN(C(=O)CNS(=O)(=O)c1cc(Cl)ccc1OC)[C@@H]1CN(C(=O)[C@@H](NC(=O)c2cc3ccccc3[nH]2)C(C)(C)C)C1C. The number of methoxy groups -OCH3 is 1. The number of hydrogen-bond acceptors (Lipinski definition) is 6. The fourth-order valence-electron chi connectivity index (χ4n) is 5.25. The summed E-state index contributed by atoms with van der Waals surface area (Å²) in [7, 11) is -2.76. The molecule has 0 aliphatic carbocycles. The third-order valence-electron chi connectivity index (χ3n) is 7.77. The molecule has 0 saturated carbocycles. The van der Waals surface area contributed by atoms with Gasteiger partial charge in [-0.25, -0.2) is 13.1 Å². The van der Waals surface area contributed by atoms with Crippen molar-refractivity contribution in [3.05, 3.63) is 59.2 Å². The van der Waals surface area contributed by atoms with Gasteiger partial charge in [0.2, 0.25) is 21.8 Å². The summed E-state index contributed by atoms with van der Waals surface area (Å²) in [6, 6.07) is 12.0. The van der Waals surface area contributed by atoms with Crippen LogP contribution in [0.4, 0.5) is 0 Å². The molecule has 0 radical (unpaired) electrons. The Labute approximate surface area is 256 Å². The molecule has 1 unspecified atom stereocenters. The highest BCUT2D eigenvalue weighted by atomic mass is 35.5. The fourth-order valence-corrected chi connectivity index (χ4v) is 6.66. The van der Waals surface area contributed by atoms with Crippen LogP contribution >= 0.6 is 11.6 Å². The number of nitrogens with zero attached hydrogens (tertiary/aromatic N) is 2. The van der Waals surface area contributed by atoms with Crippen molar-refractivity contribution in [2.24, 2.45) is 5.41 Å². The van der Waals surface area contributed by atoms with E-state index in [0.29, 0.717) is 12.2 Å². The summed E-state index contributed by atoms with van der Waals surface area (Å²) in [4.78, 5) is 46.2. The number of rotatable bonds is 10. The van der Waals surface area contributed by atoms with E-state index >= 15 is 0 Å². The number of amides is 3. The summed E-state index contributed by atoms with van der Waals surface area (Å²) in [6.45, 7) is 9.36. The highest BCUT2D eigenvalue weighted by molar-refractivity contribution is 7.89. The predicted octanol–water partition coefficient (Wildman–Crippen LogP) is 3.40. The van der Waals surface area contributed by atoms with Crippen LogP contribution in [0.5, 0.6) is 5.75 Å². The van der Waals surface area contributed by atoms with Crippen molar-refractivity contribution < 1.29 is 27.5 Å². The van der Waals surface area contributed by atoms with E-state index in [1.807, 2.05) is 52.0 Å². The van der Waals surface area contributed by atoms with Crippen molar-refractivity contribution in [2.75, 3.05) is 26.7 Å². The minimum Gasteiger partial charge on any atom is -0.495 e. The standard InChI is InChI=1S/C30H38ClN5O6S/c1-7-35(26(37)16-32-43(40,41)25-15-20(31)12-13-24(25)42-6)23-17-36(18(23)2)29(39)27(30(3,4)5)34-28(38)22-14-19-10-8-9-11-21(19)33-22/h8-15,18,23,27,32-33H,7,16-17H2,1-6H3,(H,34,38)/t18?,23-,27-/m1/s1. The molecule has 2 heterocycles. The smallest absolute Gasteiger partial charge is 0.268 e. The van der Waals surface area contributed by atoms with Crippen LogP contribution in [0.1, 0.15) is 45.1 Å². The molecule has 0 bridgehead atoms. The second-order valence-corrected chi connectivity index (χ2v) is 13.8. The van der Waals surface area contributed by atoms with Gasteiger partial charge >= 0.3 is 0 Å². The Kier molecular flexibility index (Phi) is 9.43. The number of carbonyl (C=O) groups excluding carboxylic acids is 3. The molecule has 3 N–H and O–H groups in total. The number of benzene rings is 2. The minimum atomic E-state index is -4.10. The second kappa shape index (κ2) is 12.6. The van der Waals surface area contributed by atoms with Crippen molar-refractivity contribution >= 4 is 50.2 Å². The number of halogens is 1. The monoisotopic (exact) mass is 631 g/mol. The topological polar surface area (TPSA) is 141 Å². The van der Waals surface area contributed by atoms with E-state index in [9.17, 15) is 22.8 Å². The molecule has 1 aliphatic rings. The summed E-state index contributed by atoms with van der Waals surface area (Å²) < 4.78 is 33.4. The van der Waals surface area contributed by atoms with Gasteiger partial charge in [-0.3, -0.25) is 14.4 Å². The fraction of sp³-hybridized carbons (Fsp3) is 0.433. The molecule has 1 aromatic heterocycles. The van der Waals surface area contributed by atoms with Crippen molar-refractivity contribution in [2.45, 2.75) is 57.6 Å². The van der Waals surface area contributed by atoms with E-state index in [0.717, 1.165) is 10.9 Å². The molecule has 3 aromatic rings. The van der Waals surface area contributed by atoms with Gasteiger partial charge in [0, 0.05) is 29.0 Å². The number of para-hydroxylation sites is 1. The van der Waals surface area contributed by atoms with Crippen molar-refractivity contribution in [1.82, 2.24) is 24.8 Å². The van der Waals surface area contributed by atoms with Gasteiger partial charge in [-0.2, -0.15) is 0 Å². The number of fused-ring (bicyclic) bond motifs is 1. The van der Waals surface area contributed by atoms with E-state index in [1.54, 1.807) is 22.8 Å². The lowest BCUT2D eigenvalue weighted by molar-refractivity contribution is -0.155. The van der Waals surface area contributed by atoms with Crippen LogP contribution < -0.4 is 14.8 Å². The van der Waals surface area contributed by atoms with Gasteiger partial charge in [0.1, 0.15) is 22.4 Å².